The molecule has 1 atom stereocenters. The van der Waals surface area contributed by atoms with Crippen molar-refractivity contribution < 1.29 is 9.53 Å². The molecule has 3 rings (SSSR count). The van der Waals surface area contributed by atoms with Gasteiger partial charge in [-0.05, 0) is 42.2 Å². The molecule has 1 aromatic heterocycles. The van der Waals surface area contributed by atoms with Gasteiger partial charge in [0.2, 0.25) is 5.91 Å². The van der Waals surface area contributed by atoms with E-state index in [0.717, 1.165) is 13.0 Å². The molecular weight excluding hydrogens is 234 g/mol. The average Bonchev–Trinajstić information content (AvgIpc) is 3.05. The van der Waals surface area contributed by atoms with Crippen molar-refractivity contribution in [2.45, 2.75) is 25.3 Å². The molecule has 0 bridgehead atoms. The van der Waals surface area contributed by atoms with Gasteiger partial charge in [-0.25, -0.2) is 0 Å². The van der Waals surface area contributed by atoms with E-state index in [4.69, 9.17) is 4.74 Å². The molecule has 0 N–H and O–H groups in total. The quantitative estimate of drug-likeness (QED) is 0.824. The van der Waals surface area contributed by atoms with E-state index >= 15 is 0 Å². The zero-order valence-corrected chi connectivity index (χ0v) is 10.8. The summed E-state index contributed by atoms with van der Waals surface area (Å²) >= 11 is 1.83. The number of carbonyl (C=O) groups is 1. The van der Waals surface area contributed by atoms with E-state index in [1.165, 1.54) is 23.3 Å². The highest BCUT2D eigenvalue weighted by Crippen LogP contribution is 2.48. The van der Waals surface area contributed by atoms with Crippen LogP contribution in [0.5, 0.6) is 0 Å². The standard InChI is InChI=1S/C13H17NO2S/c1-16-8-12(15)14-6-4-11-10(5-7-17-11)13(14)9-2-3-9/h5,7,9,13H,2-4,6,8H2,1H3. The second-order valence-corrected chi connectivity index (χ2v) is 5.85. The summed E-state index contributed by atoms with van der Waals surface area (Å²) in [5.41, 5.74) is 1.40. The Kier molecular flexibility index (Phi) is 2.92. The maximum absolute atomic E-state index is 12.1. The van der Waals surface area contributed by atoms with Gasteiger partial charge in [-0.2, -0.15) is 0 Å². The third-order valence-electron chi connectivity index (χ3n) is 3.67. The lowest BCUT2D eigenvalue weighted by molar-refractivity contribution is -0.138. The summed E-state index contributed by atoms with van der Waals surface area (Å²) in [6, 6.07) is 2.53. The molecule has 4 heteroatoms. The summed E-state index contributed by atoms with van der Waals surface area (Å²) in [7, 11) is 1.59. The molecule has 92 valence electrons. The minimum Gasteiger partial charge on any atom is -0.375 e. The van der Waals surface area contributed by atoms with Gasteiger partial charge in [0, 0.05) is 18.5 Å². The molecule has 1 saturated carbocycles. The molecule has 1 unspecified atom stereocenters. The van der Waals surface area contributed by atoms with Gasteiger partial charge in [0.25, 0.3) is 0 Å². The van der Waals surface area contributed by atoms with Crippen LogP contribution in [0.4, 0.5) is 0 Å². The normalized spacial score (nSPS) is 23.6. The molecule has 2 aliphatic rings. The van der Waals surface area contributed by atoms with E-state index in [9.17, 15) is 4.79 Å². The summed E-state index contributed by atoms with van der Waals surface area (Å²) in [6.07, 6.45) is 3.53. The number of thiophene rings is 1. The van der Waals surface area contributed by atoms with Crippen LogP contribution in [0.3, 0.4) is 0 Å². The Morgan fingerprint density at radius 1 is 1.59 bits per heavy atom. The number of nitrogens with zero attached hydrogens (tertiary/aromatic N) is 1. The van der Waals surface area contributed by atoms with Crippen molar-refractivity contribution in [2.24, 2.45) is 5.92 Å². The van der Waals surface area contributed by atoms with Crippen molar-refractivity contribution in [3.8, 4) is 0 Å². The molecule has 2 heterocycles. The number of methoxy groups -OCH3 is 1. The molecule has 1 aliphatic carbocycles. The van der Waals surface area contributed by atoms with Crippen LogP contribution >= 0.6 is 11.3 Å². The fraction of sp³-hybridized carbons (Fsp3) is 0.615. The average molecular weight is 251 g/mol. The molecule has 0 aromatic carbocycles. The van der Waals surface area contributed by atoms with Crippen molar-refractivity contribution in [1.82, 2.24) is 4.90 Å². The first-order chi connectivity index (χ1) is 8.31. The van der Waals surface area contributed by atoms with E-state index in [1.807, 2.05) is 16.2 Å². The van der Waals surface area contributed by atoms with Crippen LogP contribution in [0.15, 0.2) is 11.4 Å². The van der Waals surface area contributed by atoms with E-state index in [1.54, 1.807) is 7.11 Å². The Morgan fingerprint density at radius 2 is 2.41 bits per heavy atom. The molecule has 1 aliphatic heterocycles. The first-order valence-corrected chi connectivity index (χ1v) is 7.04. The smallest absolute Gasteiger partial charge is 0.249 e. The first-order valence-electron chi connectivity index (χ1n) is 6.16. The van der Waals surface area contributed by atoms with Crippen LogP contribution in [-0.4, -0.2) is 31.1 Å². The number of hydrogen-bond acceptors (Lipinski definition) is 3. The monoisotopic (exact) mass is 251 g/mol. The summed E-state index contributed by atoms with van der Waals surface area (Å²) < 4.78 is 4.99. The SMILES string of the molecule is COCC(=O)N1CCc2sccc2C1C1CC1. The third-order valence-corrected chi connectivity index (χ3v) is 4.67. The van der Waals surface area contributed by atoms with E-state index in [-0.39, 0.29) is 12.5 Å². The Labute approximate surface area is 105 Å². The van der Waals surface area contributed by atoms with Gasteiger partial charge < -0.3 is 9.64 Å². The Balaban J connectivity index is 1.88. The third kappa shape index (κ3) is 2.00. The second kappa shape index (κ2) is 4.42. The first kappa shape index (κ1) is 11.2. The van der Waals surface area contributed by atoms with Gasteiger partial charge in [-0.1, -0.05) is 0 Å². The van der Waals surface area contributed by atoms with Gasteiger partial charge in [0.15, 0.2) is 0 Å². The molecule has 0 radical (unpaired) electrons. The number of amides is 1. The lowest BCUT2D eigenvalue weighted by Gasteiger charge is -2.36. The van der Waals surface area contributed by atoms with Gasteiger partial charge >= 0.3 is 0 Å². The van der Waals surface area contributed by atoms with Crippen LogP contribution in [0.1, 0.15) is 29.3 Å². The minimum absolute atomic E-state index is 0.140. The summed E-state index contributed by atoms with van der Waals surface area (Å²) in [4.78, 5) is 15.6. The van der Waals surface area contributed by atoms with Crippen molar-refractivity contribution in [3.63, 3.8) is 0 Å². The zero-order chi connectivity index (χ0) is 11.8. The van der Waals surface area contributed by atoms with Crippen molar-refractivity contribution >= 4 is 17.2 Å². The molecule has 0 saturated heterocycles. The van der Waals surface area contributed by atoms with Gasteiger partial charge in [0.05, 0.1) is 6.04 Å². The van der Waals surface area contributed by atoms with Crippen molar-refractivity contribution in [1.29, 1.82) is 0 Å². The summed E-state index contributed by atoms with van der Waals surface area (Å²) in [5, 5.41) is 2.16. The fourth-order valence-electron chi connectivity index (χ4n) is 2.75. The van der Waals surface area contributed by atoms with Crippen molar-refractivity contribution in [3.05, 3.63) is 21.9 Å². The number of ether oxygens (including phenoxy) is 1. The molecule has 1 aromatic rings. The molecule has 17 heavy (non-hydrogen) atoms. The van der Waals surface area contributed by atoms with Crippen LogP contribution in [0, 0.1) is 5.92 Å². The highest BCUT2D eigenvalue weighted by atomic mass is 32.1. The predicted octanol–water partition coefficient (Wildman–Crippen LogP) is 2.23. The summed E-state index contributed by atoms with van der Waals surface area (Å²) in [6.45, 7) is 1.07. The van der Waals surface area contributed by atoms with Gasteiger partial charge in [0.1, 0.15) is 6.61 Å². The van der Waals surface area contributed by atoms with E-state index < -0.39 is 0 Å². The zero-order valence-electron chi connectivity index (χ0n) is 10.0. The predicted molar refractivity (Wildman–Crippen MR) is 67.1 cm³/mol. The Hall–Kier alpha value is -0.870. The molecule has 1 amide bonds. The van der Waals surface area contributed by atoms with Crippen LogP contribution in [-0.2, 0) is 16.0 Å². The Bertz CT molecular complexity index is 425. The number of hydrogen-bond donors (Lipinski definition) is 0. The van der Waals surface area contributed by atoms with Gasteiger partial charge in [-0.15, -0.1) is 11.3 Å². The lowest BCUT2D eigenvalue weighted by Crippen LogP contribution is -2.42. The van der Waals surface area contributed by atoms with E-state index in [0.29, 0.717) is 12.0 Å². The lowest BCUT2D eigenvalue weighted by atomic mass is 9.96. The van der Waals surface area contributed by atoms with Crippen LogP contribution in [0.25, 0.3) is 0 Å². The summed E-state index contributed by atoms with van der Waals surface area (Å²) in [5.74, 6) is 0.825. The maximum Gasteiger partial charge on any atom is 0.249 e. The second-order valence-electron chi connectivity index (χ2n) is 4.85. The number of fused-ring (bicyclic) bond motifs is 1. The number of carbonyl (C=O) groups excluding carboxylic acids is 1. The highest BCUT2D eigenvalue weighted by molar-refractivity contribution is 7.10. The fourth-order valence-corrected chi connectivity index (χ4v) is 3.67. The number of rotatable bonds is 3. The maximum atomic E-state index is 12.1. The van der Waals surface area contributed by atoms with Crippen LogP contribution < -0.4 is 0 Å². The van der Waals surface area contributed by atoms with Gasteiger partial charge in [-0.3, -0.25) is 4.79 Å². The van der Waals surface area contributed by atoms with Crippen LogP contribution in [0.2, 0.25) is 0 Å². The van der Waals surface area contributed by atoms with E-state index in [2.05, 4.69) is 11.4 Å². The molecule has 0 spiro atoms. The highest BCUT2D eigenvalue weighted by Gasteiger charge is 2.41. The van der Waals surface area contributed by atoms with Crippen molar-refractivity contribution in [2.75, 3.05) is 20.3 Å². The molecular formula is C13H17NO2S. The molecule has 3 nitrogen and oxygen atoms in total. The minimum atomic E-state index is 0.140. The largest absolute Gasteiger partial charge is 0.375 e. The molecule has 1 fully saturated rings. The Morgan fingerprint density at radius 3 is 3.12 bits per heavy atom. The topological polar surface area (TPSA) is 29.5 Å².